The number of imidazole rings is 1. The molecule has 0 spiro atoms. The first-order chi connectivity index (χ1) is 13.5. The molecule has 7 nitrogen and oxygen atoms in total. The molecule has 144 valence electrons. The van der Waals surface area contributed by atoms with Crippen molar-refractivity contribution in [3.8, 4) is 5.75 Å². The number of aliphatic imine (C=N–C) groups is 1. The van der Waals surface area contributed by atoms with E-state index in [1.54, 1.807) is 26.4 Å². The number of carbonyl (C=O) groups excluding carboxylic acids is 1. The lowest BCUT2D eigenvalue weighted by molar-refractivity contribution is 0.111. The molecular formula is C20H20ClN5O2. The molecule has 0 saturated heterocycles. The molecule has 0 saturated carbocycles. The predicted octanol–water partition coefficient (Wildman–Crippen LogP) is 4.36. The maximum absolute atomic E-state index is 11.1. The summed E-state index contributed by atoms with van der Waals surface area (Å²) in [4.78, 5) is 19.5. The molecule has 0 unspecified atom stereocenters. The highest BCUT2D eigenvalue weighted by molar-refractivity contribution is 6.29. The summed E-state index contributed by atoms with van der Waals surface area (Å²) in [6.07, 6.45) is 5.96. The Balaban J connectivity index is 2.17. The second-order valence-corrected chi connectivity index (χ2v) is 6.41. The van der Waals surface area contributed by atoms with Gasteiger partial charge in [0.15, 0.2) is 17.1 Å². The Kier molecular flexibility index (Phi) is 5.75. The van der Waals surface area contributed by atoms with Crippen LogP contribution in [0.2, 0.25) is 5.15 Å². The first-order valence-corrected chi connectivity index (χ1v) is 8.94. The van der Waals surface area contributed by atoms with Crippen LogP contribution >= 0.6 is 11.6 Å². The quantitative estimate of drug-likeness (QED) is 0.493. The summed E-state index contributed by atoms with van der Waals surface area (Å²) in [7, 11) is 3.35. The molecule has 0 bridgehead atoms. The van der Waals surface area contributed by atoms with Crippen molar-refractivity contribution in [1.82, 2.24) is 14.6 Å². The summed E-state index contributed by atoms with van der Waals surface area (Å²) >= 11 is 6.14. The Labute approximate surface area is 167 Å². The highest BCUT2D eigenvalue weighted by Gasteiger charge is 2.17. The van der Waals surface area contributed by atoms with E-state index in [0.29, 0.717) is 23.4 Å². The van der Waals surface area contributed by atoms with E-state index in [-0.39, 0.29) is 10.8 Å². The topological polar surface area (TPSA) is 80.9 Å². The van der Waals surface area contributed by atoms with Crippen LogP contribution in [0, 0.1) is 6.92 Å². The zero-order chi connectivity index (χ0) is 20.3. The zero-order valence-electron chi connectivity index (χ0n) is 16.0. The van der Waals surface area contributed by atoms with Gasteiger partial charge in [0.25, 0.3) is 0 Å². The van der Waals surface area contributed by atoms with Gasteiger partial charge in [0.2, 0.25) is 0 Å². The summed E-state index contributed by atoms with van der Waals surface area (Å²) < 4.78 is 7.20. The van der Waals surface area contributed by atoms with Crippen LogP contribution in [0.25, 0.3) is 11.2 Å². The van der Waals surface area contributed by atoms with E-state index >= 15 is 0 Å². The van der Waals surface area contributed by atoms with E-state index in [0.717, 1.165) is 22.4 Å². The van der Waals surface area contributed by atoms with Crippen LogP contribution in [0.4, 0.5) is 11.4 Å². The molecule has 0 aliphatic heterocycles. The van der Waals surface area contributed by atoms with E-state index < -0.39 is 0 Å². The fourth-order valence-corrected chi connectivity index (χ4v) is 3.22. The van der Waals surface area contributed by atoms with Gasteiger partial charge in [-0.05, 0) is 31.1 Å². The van der Waals surface area contributed by atoms with Crippen LogP contribution < -0.4 is 10.1 Å². The number of ether oxygens (including phenoxy) is 1. The summed E-state index contributed by atoms with van der Waals surface area (Å²) in [6, 6.07) is 5.57. The molecule has 0 aliphatic carbocycles. The van der Waals surface area contributed by atoms with Gasteiger partial charge in [-0.25, -0.2) is 9.50 Å². The van der Waals surface area contributed by atoms with Gasteiger partial charge in [-0.3, -0.25) is 9.79 Å². The number of aryl methyl sites for hydroxylation is 1. The fraction of sp³-hybridized carbons (Fsp3) is 0.200. The third kappa shape index (κ3) is 3.61. The van der Waals surface area contributed by atoms with Gasteiger partial charge in [0.1, 0.15) is 11.4 Å². The minimum absolute atomic E-state index is 0.267. The summed E-state index contributed by atoms with van der Waals surface area (Å²) in [5, 5.41) is 7.73. The molecule has 0 atom stereocenters. The van der Waals surface area contributed by atoms with Crippen LogP contribution in [0.5, 0.6) is 5.75 Å². The maximum Gasteiger partial charge on any atom is 0.178 e. The molecule has 2 aromatic heterocycles. The first kappa shape index (κ1) is 19.6. The number of halogens is 1. The molecule has 28 heavy (non-hydrogen) atoms. The van der Waals surface area contributed by atoms with E-state index in [1.807, 2.05) is 32.1 Å². The molecular weight excluding hydrogens is 378 g/mol. The lowest BCUT2D eigenvalue weighted by Crippen LogP contribution is -2.03. The van der Waals surface area contributed by atoms with Crippen LogP contribution in [-0.4, -0.2) is 41.3 Å². The molecule has 3 aromatic rings. The number of hydrogen-bond acceptors (Lipinski definition) is 6. The summed E-state index contributed by atoms with van der Waals surface area (Å²) in [6.45, 7) is 3.97. The fourth-order valence-electron chi connectivity index (χ4n) is 3.03. The van der Waals surface area contributed by atoms with Crippen molar-refractivity contribution in [2.24, 2.45) is 4.99 Å². The number of fused-ring (bicyclic) bond motifs is 1. The second-order valence-electron chi connectivity index (χ2n) is 6.03. The highest BCUT2D eigenvalue weighted by Crippen LogP contribution is 2.38. The van der Waals surface area contributed by atoms with E-state index in [2.05, 4.69) is 20.4 Å². The van der Waals surface area contributed by atoms with Crippen molar-refractivity contribution in [3.63, 3.8) is 0 Å². The molecule has 1 N–H and O–H groups in total. The Hall–Kier alpha value is -3.19. The number of nitrogens with one attached hydrogen (secondary N) is 1. The van der Waals surface area contributed by atoms with Gasteiger partial charge >= 0.3 is 0 Å². The highest BCUT2D eigenvalue weighted by atomic mass is 35.5. The minimum atomic E-state index is 0.267. The first-order valence-electron chi connectivity index (χ1n) is 8.57. The van der Waals surface area contributed by atoms with Crippen LogP contribution in [0.3, 0.4) is 0 Å². The van der Waals surface area contributed by atoms with Gasteiger partial charge in [0, 0.05) is 24.9 Å². The van der Waals surface area contributed by atoms with Crippen molar-refractivity contribution >= 4 is 46.7 Å². The second kappa shape index (κ2) is 8.22. The number of allylic oxidation sites excluding steroid dienone is 2. The van der Waals surface area contributed by atoms with Crippen LogP contribution in [-0.2, 0) is 0 Å². The number of aldehydes is 1. The average molecular weight is 398 g/mol. The van der Waals surface area contributed by atoms with E-state index in [1.165, 1.54) is 10.7 Å². The zero-order valence-corrected chi connectivity index (χ0v) is 16.8. The van der Waals surface area contributed by atoms with Gasteiger partial charge in [-0.15, -0.1) is 0 Å². The van der Waals surface area contributed by atoms with Gasteiger partial charge < -0.3 is 10.1 Å². The van der Waals surface area contributed by atoms with E-state index in [4.69, 9.17) is 16.3 Å². The van der Waals surface area contributed by atoms with Crippen molar-refractivity contribution in [2.75, 3.05) is 19.5 Å². The number of nitrogens with zero attached hydrogens (tertiary/aromatic N) is 4. The molecule has 0 aliphatic rings. The van der Waals surface area contributed by atoms with Gasteiger partial charge in [-0.1, -0.05) is 23.7 Å². The van der Waals surface area contributed by atoms with Gasteiger partial charge in [0.05, 0.1) is 24.7 Å². The standard InChI is InChI=1S/C20H20ClN5O2/c1-5-13(9-22-3)18-12(2)6-7-15(19(18)28-4)24-16-8-17(21)25-26-10-14(11-27)23-20(16)26/h5-11,24H,1-4H3/b13-5+,22-9?. The largest absolute Gasteiger partial charge is 0.494 e. The molecule has 0 amide bonds. The third-order valence-corrected chi connectivity index (χ3v) is 4.43. The number of hydrogen-bond donors (Lipinski definition) is 1. The lowest BCUT2D eigenvalue weighted by atomic mass is 9.98. The van der Waals surface area contributed by atoms with Crippen molar-refractivity contribution < 1.29 is 9.53 Å². The Bertz CT molecular complexity index is 1100. The molecule has 2 heterocycles. The third-order valence-electron chi connectivity index (χ3n) is 4.24. The van der Waals surface area contributed by atoms with Crippen LogP contribution in [0.15, 0.2) is 35.5 Å². The molecule has 8 heteroatoms. The number of carbonyl (C=O) groups is 1. The van der Waals surface area contributed by atoms with Crippen molar-refractivity contribution in [2.45, 2.75) is 13.8 Å². The average Bonchev–Trinajstić information content (AvgIpc) is 3.10. The number of methoxy groups -OCH3 is 1. The van der Waals surface area contributed by atoms with Crippen LogP contribution in [0.1, 0.15) is 28.5 Å². The Morgan fingerprint density at radius 1 is 1.36 bits per heavy atom. The molecule has 0 radical (unpaired) electrons. The van der Waals surface area contributed by atoms with Crippen molar-refractivity contribution in [3.05, 3.63) is 52.4 Å². The molecule has 1 aromatic carbocycles. The normalized spacial score (nSPS) is 12.0. The Morgan fingerprint density at radius 2 is 2.14 bits per heavy atom. The molecule has 3 rings (SSSR count). The lowest BCUT2D eigenvalue weighted by Gasteiger charge is -2.18. The number of rotatable bonds is 6. The summed E-state index contributed by atoms with van der Waals surface area (Å²) in [5.74, 6) is 0.668. The Morgan fingerprint density at radius 3 is 2.79 bits per heavy atom. The van der Waals surface area contributed by atoms with E-state index in [9.17, 15) is 4.79 Å². The summed E-state index contributed by atoms with van der Waals surface area (Å²) in [5.41, 5.74) is 5.02. The maximum atomic E-state index is 11.1. The monoisotopic (exact) mass is 397 g/mol. The predicted molar refractivity (Wildman–Crippen MR) is 112 cm³/mol. The minimum Gasteiger partial charge on any atom is -0.494 e. The number of aromatic nitrogens is 3. The smallest absolute Gasteiger partial charge is 0.178 e. The van der Waals surface area contributed by atoms with Crippen molar-refractivity contribution in [1.29, 1.82) is 0 Å². The SMILES string of the molecule is C/C=C(\C=NC)c1c(C)ccc(Nc2cc(Cl)nn3cc(C=O)nc23)c1OC. The van der Waals surface area contributed by atoms with Gasteiger partial charge in [-0.2, -0.15) is 5.10 Å². The number of benzene rings is 1. The molecule has 0 fully saturated rings. The number of anilines is 2.